The maximum atomic E-state index is 13.7. The number of aromatic nitrogens is 5. The number of aryl methyl sites for hydroxylation is 1. The van der Waals surface area contributed by atoms with Crippen molar-refractivity contribution in [3.05, 3.63) is 102 Å². The fourth-order valence-electron chi connectivity index (χ4n) is 10.5. The van der Waals surface area contributed by atoms with Crippen LogP contribution in [0.15, 0.2) is 79.3 Å². The van der Waals surface area contributed by atoms with Gasteiger partial charge in [-0.2, -0.15) is 19.0 Å². The van der Waals surface area contributed by atoms with Crippen molar-refractivity contribution in [2.24, 2.45) is 13.0 Å². The Labute approximate surface area is 412 Å². The Balaban J connectivity index is 0.777. The van der Waals surface area contributed by atoms with Crippen molar-refractivity contribution in [3.8, 4) is 28.1 Å². The van der Waals surface area contributed by atoms with E-state index < -0.39 is 57.4 Å². The SMILES string of the molecule is C[C@H](Oc1cc(-c2nn(C)c3c(-c4cnn(C5CCN(CCC6CCN(c7cccc8c7C(=O)N(C7CCC(=O)NC7=O)C8=O)CC6)CC5)c4)cnc(N)c23)ccc1NS(=O)(=O)C(F)F)c1ccc(F)cc1. The number of alkyl halides is 2. The molecule has 1 unspecified atom stereocenters. The Kier molecular flexibility index (Phi) is 13.0. The number of halogens is 3. The number of anilines is 3. The predicted octanol–water partition coefficient (Wildman–Crippen LogP) is 6.67. The number of piperidine rings is 3. The topological polar surface area (TPSA) is 220 Å². The molecule has 376 valence electrons. The molecule has 4 N–H and O–H groups in total. The number of pyridine rings is 1. The summed E-state index contributed by atoms with van der Waals surface area (Å²) in [6, 6.07) is 14.3. The number of benzene rings is 3. The van der Waals surface area contributed by atoms with E-state index in [4.69, 9.17) is 20.7 Å². The second-order valence-electron chi connectivity index (χ2n) is 18.8. The van der Waals surface area contributed by atoms with Gasteiger partial charge in [-0.05, 0) is 99.9 Å². The minimum atomic E-state index is -5.07. The summed E-state index contributed by atoms with van der Waals surface area (Å²) in [7, 11) is -3.31. The lowest BCUT2D eigenvalue weighted by Crippen LogP contribution is -2.54. The molecule has 0 spiro atoms. The van der Waals surface area contributed by atoms with Gasteiger partial charge in [0.2, 0.25) is 11.8 Å². The van der Waals surface area contributed by atoms with E-state index in [1.165, 1.54) is 42.5 Å². The number of nitrogens with two attached hydrogens (primary N) is 1. The van der Waals surface area contributed by atoms with Crippen molar-refractivity contribution in [2.45, 2.75) is 75.8 Å². The van der Waals surface area contributed by atoms with Crippen LogP contribution >= 0.6 is 0 Å². The Bertz CT molecular complexity index is 3220. The predicted molar refractivity (Wildman–Crippen MR) is 261 cm³/mol. The molecule has 7 heterocycles. The van der Waals surface area contributed by atoms with Crippen molar-refractivity contribution in [1.29, 1.82) is 0 Å². The number of carbonyl (C=O) groups is 4. The third-order valence-corrected chi connectivity index (χ3v) is 15.3. The number of hydrogen-bond donors (Lipinski definition) is 3. The fraction of sp³-hybridized carbons (Fsp3) is 0.380. The number of nitrogen functional groups attached to an aromatic ring is 1. The molecule has 22 heteroatoms. The van der Waals surface area contributed by atoms with E-state index >= 15 is 0 Å². The number of sulfonamides is 1. The van der Waals surface area contributed by atoms with Gasteiger partial charge in [0, 0.05) is 68.7 Å². The van der Waals surface area contributed by atoms with E-state index in [2.05, 4.69) is 20.1 Å². The number of rotatable bonds is 14. The van der Waals surface area contributed by atoms with Gasteiger partial charge in [0.1, 0.15) is 35.2 Å². The van der Waals surface area contributed by atoms with Crippen LogP contribution in [-0.4, -0.2) is 111 Å². The third kappa shape index (κ3) is 9.23. The molecule has 3 aromatic carbocycles. The minimum Gasteiger partial charge on any atom is -0.484 e. The quantitative estimate of drug-likeness (QED) is 0.0973. The van der Waals surface area contributed by atoms with Crippen LogP contribution in [0.4, 0.5) is 30.4 Å². The first-order valence-corrected chi connectivity index (χ1v) is 25.4. The Morgan fingerprint density at radius 2 is 1.65 bits per heavy atom. The molecule has 6 aromatic rings. The Hall–Kier alpha value is -7.33. The summed E-state index contributed by atoms with van der Waals surface area (Å²) in [6.07, 6.45) is 9.61. The largest absolute Gasteiger partial charge is 0.484 e. The van der Waals surface area contributed by atoms with Crippen molar-refractivity contribution < 1.29 is 45.5 Å². The number of carbonyl (C=O) groups excluding carboxylic acids is 4. The van der Waals surface area contributed by atoms with Crippen LogP contribution in [-0.2, 0) is 26.7 Å². The molecule has 72 heavy (non-hydrogen) atoms. The standard InChI is InChI=1S/C50H52F3N11O7S/c1-28(30-6-9-33(51)10-7-30)71-40-24-31(8-11-37(40)59-72(69,70)50(52)53)44-43-45(60(2)58-44)36(26-55-46(43)54)32-25-56-63(27-32)34-17-20-61(21-18-34)19-14-29-15-22-62(23-16-29)38-5-3-4-35-42(38)49(68)64(48(35)67)39-12-13-41(65)57-47(39)66/h3-11,24-29,34,39,50,59H,12-23H2,1-2H3,(H2,54,55)(H,57,65,66)/t28-,39?/m0/s1. The zero-order valence-corrected chi connectivity index (χ0v) is 40.2. The Morgan fingerprint density at radius 3 is 2.38 bits per heavy atom. The van der Waals surface area contributed by atoms with E-state index in [-0.39, 0.29) is 41.7 Å². The van der Waals surface area contributed by atoms with Gasteiger partial charge in [-0.1, -0.05) is 24.3 Å². The monoisotopic (exact) mass is 1010 g/mol. The molecule has 2 atom stereocenters. The number of nitrogens with zero attached hydrogens (tertiary/aromatic N) is 8. The number of hydrogen-bond acceptors (Lipinski definition) is 13. The van der Waals surface area contributed by atoms with E-state index in [0.717, 1.165) is 80.9 Å². The molecular formula is C50H52F3N11O7S. The first-order valence-electron chi connectivity index (χ1n) is 23.9. The average Bonchev–Trinajstić information content (AvgIpc) is 4.07. The molecule has 0 saturated carbocycles. The second kappa shape index (κ2) is 19.4. The molecule has 0 radical (unpaired) electrons. The summed E-state index contributed by atoms with van der Waals surface area (Å²) < 4.78 is 77.0. The highest BCUT2D eigenvalue weighted by molar-refractivity contribution is 7.93. The van der Waals surface area contributed by atoms with E-state index in [0.29, 0.717) is 44.9 Å². The van der Waals surface area contributed by atoms with E-state index in [1.807, 2.05) is 21.7 Å². The number of amides is 4. The number of ether oxygens (including phenoxy) is 1. The van der Waals surface area contributed by atoms with Crippen LogP contribution in [0.3, 0.4) is 0 Å². The zero-order valence-electron chi connectivity index (χ0n) is 39.4. The first-order chi connectivity index (χ1) is 34.5. The van der Waals surface area contributed by atoms with Gasteiger partial charge in [0.05, 0.1) is 45.6 Å². The highest BCUT2D eigenvalue weighted by Crippen LogP contribution is 2.42. The van der Waals surface area contributed by atoms with Gasteiger partial charge < -0.3 is 20.3 Å². The van der Waals surface area contributed by atoms with Crippen molar-refractivity contribution in [1.82, 2.24) is 39.7 Å². The van der Waals surface area contributed by atoms with Gasteiger partial charge in [-0.25, -0.2) is 17.8 Å². The van der Waals surface area contributed by atoms with Gasteiger partial charge in [0.15, 0.2) is 0 Å². The number of likely N-dealkylation sites (tertiary alicyclic amines) is 1. The summed E-state index contributed by atoms with van der Waals surface area (Å²) >= 11 is 0. The summed E-state index contributed by atoms with van der Waals surface area (Å²) in [6.45, 7) is 5.91. The summed E-state index contributed by atoms with van der Waals surface area (Å²) in [5, 5.41) is 12.4. The van der Waals surface area contributed by atoms with E-state index in [9.17, 15) is 40.8 Å². The lowest BCUT2D eigenvalue weighted by molar-refractivity contribution is -0.136. The van der Waals surface area contributed by atoms with Gasteiger partial charge in [-0.15, -0.1) is 0 Å². The molecule has 3 fully saturated rings. The van der Waals surface area contributed by atoms with Crippen molar-refractivity contribution >= 4 is 61.7 Å². The molecule has 4 amide bonds. The first kappa shape index (κ1) is 48.3. The lowest BCUT2D eigenvalue weighted by atomic mass is 9.92. The number of imide groups is 2. The second-order valence-corrected chi connectivity index (χ2v) is 20.5. The molecule has 3 saturated heterocycles. The molecular weight excluding hydrogens is 956 g/mol. The van der Waals surface area contributed by atoms with Gasteiger partial charge in [0.25, 0.3) is 21.8 Å². The third-order valence-electron chi connectivity index (χ3n) is 14.4. The number of fused-ring (bicyclic) bond motifs is 2. The summed E-state index contributed by atoms with van der Waals surface area (Å²) in [5.41, 5.74) is 11.2. The molecule has 0 aliphatic carbocycles. The zero-order chi connectivity index (χ0) is 50.6. The maximum Gasteiger partial charge on any atom is 0.355 e. The highest BCUT2D eigenvalue weighted by Gasteiger charge is 2.46. The van der Waals surface area contributed by atoms with Gasteiger partial charge in [-0.3, -0.25) is 43.5 Å². The minimum absolute atomic E-state index is 0.0663. The maximum absolute atomic E-state index is 13.7. The summed E-state index contributed by atoms with van der Waals surface area (Å²) in [5.74, 6) is -5.58. The van der Waals surface area contributed by atoms with E-state index in [1.54, 1.807) is 43.2 Å². The molecule has 3 aromatic heterocycles. The van der Waals surface area contributed by atoms with Gasteiger partial charge >= 0.3 is 5.76 Å². The molecule has 0 bridgehead atoms. The van der Waals surface area contributed by atoms with Crippen LogP contribution in [0.5, 0.6) is 5.75 Å². The van der Waals surface area contributed by atoms with Crippen molar-refractivity contribution in [2.75, 3.05) is 48.1 Å². The lowest BCUT2D eigenvalue weighted by Gasteiger charge is -2.36. The molecule has 4 aliphatic heterocycles. The smallest absolute Gasteiger partial charge is 0.355 e. The number of nitrogens with one attached hydrogen (secondary N) is 2. The molecule has 18 nitrogen and oxygen atoms in total. The summed E-state index contributed by atoms with van der Waals surface area (Å²) in [4.78, 5) is 61.7. The van der Waals surface area contributed by atoms with Crippen LogP contribution < -0.4 is 25.4 Å². The van der Waals surface area contributed by atoms with Crippen molar-refractivity contribution in [3.63, 3.8) is 0 Å². The normalized spacial score (nSPS) is 18.8. The molecule has 10 rings (SSSR count). The average molecular weight is 1010 g/mol. The van der Waals surface area contributed by atoms with Crippen LogP contribution in [0.2, 0.25) is 0 Å². The van der Waals surface area contributed by atoms with Crippen LogP contribution in [0.1, 0.15) is 90.3 Å². The Morgan fingerprint density at radius 1 is 0.903 bits per heavy atom. The molecule has 4 aliphatic rings. The highest BCUT2D eigenvalue weighted by atomic mass is 32.2. The fourth-order valence-corrected chi connectivity index (χ4v) is 11.0. The van der Waals surface area contributed by atoms with Crippen LogP contribution in [0, 0.1) is 11.7 Å². The van der Waals surface area contributed by atoms with Crippen LogP contribution in [0.25, 0.3) is 33.3 Å².